The Kier molecular flexibility index (Phi) is 7.51. The predicted molar refractivity (Wildman–Crippen MR) is 50.6 cm³/mol. The van der Waals surface area contributed by atoms with Crippen LogP contribution >= 0.6 is 0 Å². The van der Waals surface area contributed by atoms with Crippen molar-refractivity contribution in [3.63, 3.8) is 0 Å². The van der Waals surface area contributed by atoms with Gasteiger partial charge in [0, 0.05) is 0 Å². The highest BCUT2D eigenvalue weighted by Gasteiger charge is 2.07. The van der Waals surface area contributed by atoms with Crippen molar-refractivity contribution in [3.05, 3.63) is 6.29 Å². The summed E-state index contributed by atoms with van der Waals surface area (Å²) in [4.78, 5) is 0. The van der Waals surface area contributed by atoms with Gasteiger partial charge in [-0.1, -0.05) is 20.3 Å². The van der Waals surface area contributed by atoms with E-state index in [-0.39, 0.29) is 6.10 Å². The lowest BCUT2D eigenvalue weighted by atomic mass is 10.3. The molecule has 1 unspecified atom stereocenters. The first-order valence-electron chi connectivity index (χ1n) is 4.83. The van der Waals surface area contributed by atoms with Crippen LogP contribution in [0.3, 0.4) is 0 Å². The van der Waals surface area contributed by atoms with Gasteiger partial charge in [-0.25, -0.2) is 0 Å². The normalized spacial score (nSPS) is 13.8. The van der Waals surface area contributed by atoms with Gasteiger partial charge < -0.3 is 9.47 Å². The fourth-order valence-corrected chi connectivity index (χ4v) is 0.761. The zero-order chi connectivity index (χ0) is 9.40. The average Bonchev–Trinajstić information content (AvgIpc) is 2.05. The maximum atomic E-state index is 5.44. The molecule has 0 aromatic heterocycles. The third-order valence-electron chi connectivity index (χ3n) is 1.75. The van der Waals surface area contributed by atoms with E-state index in [2.05, 4.69) is 13.8 Å². The molecule has 0 saturated carbocycles. The molecule has 0 saturated heterocycles. The summed E-state index contributed by atoms with van der Waals surface area (Å²) in [6.07, 6.45) is 4.26. The minimum atomic E-state index is 0.270. The molecule has 12 heavy (non-hydrogen) atoms. The molecule has 0 aromatic rings. The van der Waals surface area contributed by atoms with Crippen LogP contribution in [0, 0.1) is 6.29 Å². The number of ether oxygens (including phenoxy) is 2. The van der Waals surface area contributed by atoms with Crippen LogP contribution < -0.4 is 0 Å². The Morgan fingerprint density at radius 2 is 2.00 bits per heavy atom. The predicted octanol–water partition coefficient (Wildman–Crippen LogP) is 3.13. The van der Waals surface area contributed by atoms with Crippen LogP contribution in [0.1, 0.15) is 47.0 Å². The Morgan fingerprint density at radius 1 is 1.33 bits per heavy atom. The summed E-state index contributed by atoms with van der Waals surface area (Å²) in [5.74, 6) is 0. The fraction of sp³-hybridized carbons (Fsp3) is 0.900. The van der Waals surface area contributed by atoms with E-state index in [9.17, 15) is 0 Å². The molecule has 0 rings (SSSR count). The van der Waals surface area contributed by atoms with Gasteiger partial charge in [0.25, 0.3) is 0 Å². The van der Waals surface area contributed by atoms with Crippen molar-refractivity contribution in [1.82, 2.24) is 0 Å². The third-order valence-corrected chi connectivity index (χ3v) is 1.75. The zero-order valence-electron chi connectivity index (χ0n) is 8.72. The second-order valence-corrected chi connectivity index (χ2v) is 3.03. The first-order valence-corrected chi connectivity index (χ1v) is 4.83. The second kappa shape index (κ2) is 7.56. The monoisotopic (exact) mass is 173 g/mol. The van der Waals surface area contributed by atoms with E-state index in [1.54, 1.807) is 0 Å². The highest BCUT2D eigenvalue weighted by molar-refractivity contribution is 4.58. The molecule has 0 bridgehead atoms. The molecule has 0 aliphatic heterocycles. The van der Waals surface area contributed by atoms with Crippen LogP contribution in [-0.4, -0.2) is 12.7 Å². The molecule has 0 N–H and O–H groups in total. The van der Waals surface area contributed by atoms with E-state index in [1.165, 1.54) is 0 Å². The highest BCUT2D eigenvalue weighted by atomic mass is 16.7. The Morgan fingerprint density at radius 3 is 2.50 bits per heavy atom. The Hall–Kier alpha value is -0.0800. The molecule has 0 aliphatic carbocycles. The van der Waals surface area contributed by atoms with Crippen LogP contribution in [0.25, 0.3) is 0 Å². The minimum Gasteiger partial charge on any atom is -0.346 e. The largest absolute Gasteiger partial charge is 0.346 e. The summed E-state index contributed by atoms with van der Waals surface area (Å²) in [6, 6.07) is 0. The van der Waals surface area contributed by atoms with E-state index in [4.69, 9.17) is 9.47 Å². The number of unbranched alkanes of at least 4 members (excludes halogenated alkanes) is 1. The van der Waals surface area contributed by atoms with Crippen LogP contribution in [0.2, 0.25) is 0 Å². The standard InChI is InChI=1S/C10H21O2/c1-5-7-8-11-10(4)12-9(3)6-2/h9H,5-8H2,1-4H3. The molecular formula is C10H21O2. The number of rotatable bonds is 7. The van der Waals surface area contributed by atoms with Crippen molar-refractivity contribution in [3.8, 4) is 0 Å². The van der Waals surface area contributed by atoms with Crippen LogP contribution in [0.5, 0.6) is 0 Å². The van der Waals surface area contributed by atoms with Gasteiger partial charge in [-0.2, -0.15) is 0 Å². The summed E-state index contributed by atoms with van der Waals surface area (Å²) in [5.41, 5.74) is 0. The summed E-state index contributed by atoms with van der Waals surface area (Å²) in [7, 11) is 0. The van der Waals surface area contributed by atoms with Gasteiger partial charge in [0.2, 0.25) is 6.29 Å². The molecule has 1 atom stereocenters. The van der Waals surface area contributed by atoms with Gasteiger partial charge >= 0.3 is 0 Å². The van der Waals surface area contributed by atoms with E-state index in [1.807, 2.05) is 13.8 Å². The first kappa shape index (κ1) is 11.9. The zero-order valence-corrected chi connectivity index (χ0v) is 8.72. The van der Waals surface area contributed by atoms with Gasteiger partial charge in [-0.05, 0) is 26.7 Å². The van der Waals surface area contributed by atoms with Crippen molar-refractivity contribution < 1.29 is 9.47 Å². The lowest BCUT2D eigenvalue weighted by Gasteiger charge is -2.16. The fourth-order valence-electron chi connectivity index (χ4n) is 0.761. The van der Waals surface area contributed by atoms with Crippen LogP contribution in [0.4, 0.5) is 0 Å². The van der Waals surface area contributed by atoms with E-state index >= 15 is 0 Å². The van der Waals surface area contributed by atoms with Crippen molar-refractivity contribution in [2.24, 2.45) is 0 Å². The van der Waals surface area contributed by atoms with Crippen LogP contribution in [0.15, 0.2) is 0 Å². The van der Waals surface area contributed by atoms with Crippen molar-refractivity contribution >= 4 is 0 Å². The summed E-state index contributed by atoms with van der Waals surface area (Å²) in [6.45, 7) is 8.95. The molecule has 0 aromatic carbocycles. The Bertz CT molecular complexity index is 93.8. The molecule has 0 spiro atoms. The van der Waals surface area contributed by atoms with Crippen LogP contribution in [-0.2, 0) is 9.47 Å². The van der Waals surface area contributed by atoms with Crippen molar-refractivity contribution in [2.75, 3.05) is 6.61 Å². The topological polar surface area (TPSA) is 18.5 Å². The Balaban J connectivity index is 3.26. The van der Waals surface area contributed by atoms with Gasteiger partial charge in [0.05, 0.1) is 12.7 Å². The Labute approximate surface area is 76.3 Å². The molecule has 2 nitrogen and oxygen atoms in total. The van der Waals surface area contributed by atoms with Crippen molar-refractivity contribution in [1.29, 1.82) is 0 Å². The first-order chi connectivity index (χ1) is 5.70. The van der Waals surface area contributed by atoms with E-state index in [0.29, 0.717) is 6.29 Å². The van der Waals surface area contributed by atoms with E-state index in [0.717, 1.165) is 25.9 Å². The SMILES string of the molecule is CCCCO[C](C)OC(C)CC. The average molecular weight is 173 g/mol. The van der Waals surface area contributed by atoms with Gasteiger partial charge in [-0.15, -0.1) is 0 Å². The van der Waals surface area contributed by atoms with E-state index < -0.39 is 0 Å². The lowest BCUT2D eigenvalue weighted by Crippen LogP contribution is -2.13. The molecular weight excluding hydrogens is 152 g/mol. The maximum absolute atomic E-state index is 5.44. The van der Waals surface area contributed by atoms with Gasteiger partial charge in [0.1, 0.15) is 0 Å². The molecule has 0 heterocycles. The third kappa shape index (κ3) is 6.62. The summed E-state index contributed by atoms with van der Waals surface area (Å²) in [5, 5.41) is 0. The molecule has 0 amide bonds. The maximum Gasteiger partial charge on any atom is 0.220 e. The van der Waals surface area contributed by atoms with Gasteiger partial charge in [-0.3, -0.25) is 0 Å². The quantitative estimate of drug-likeness (QED) is 0.551. The number of hydrogen-bond acceptors (Lipinski definition) is 2. The second-order valence-electron chi connectivity index (χ2n) is 3.03. The van der Waals surface area contributed by atoms with Gasteiger partial charge in [0.15, 0.2) is 0 Å². The number of hydrogen-bond donors (Lipinski definition) is 0. The highest BCUT2D eigenvalue weighted by Crippen LogP contribution is 2.09. The minimum absolute atomic E-state index is 0.270. The summed E-state index contributed by atoms with van der Waals surface area (Å²) < 4.78 is 10.8. The van der Waals surface area contributed by atoms with Crippen molar-refractivity contribution in [2.45, 2.75) is 53.1 Å². The smallest absolute Gasteiger partial charge is 0.220 e. The molecule has 2 heteroatoms. The lowest BCUT2D eigenvalue weighted by molar-refractivity contribution is -0.0689. The molecule has 0 aliphatic rings. The molecule has 0 fully saturated rings. The molecule has 1 radical (unpaired) electrons. The summed E-state index contributed by atoms with van der Waals surface area (Å²) >= 11 is 0. The molecule has 73 valence electrons.